The van der Waals surface area contributed by atoms with Crippen LogP contribution in [-0.2, 0) is 16.6 Å². The maximum absolute atomic E-state index is 12.2. The number of ether oxygens (including phenoxy) is 1. The van der Waals surface area contributed by atoms with Crippen molar-refractivity contribution in [3.05, 3.63) is 29.8 Å². The van der Waals surface area contributed by atoms with Crippen LogP contribution in [0, 0.1) is 5.92 Å². The highest BCUT2D eigenvalue weighted by atomic mass is 32.2. The summed E-state index contributed by atoms with van der Waals surface area (Å²) in [6, 6.07) is 8.09. The van der Waals surface area contributed by atoms with E-state index in [-0.39, 0.29) is 0 Å². The smallest absolute Gasteiger partial charge is 0.281 e. The van der Waals surface area contributed by atoms with E-state index in [1.807, 2.05) is 12.1 Å². The number of piperidine rings is 1. The third kappa shape index (κ3) is 4.21. The molecular weight excluding hydrogens is 300 g/mol. The lowest BCUT2D eigenvalue weighted by Gasteiger charge is -2.33. The van der Waals surface area contributed by atoms with Gasteiger partial charge >= 0.3 is 0 Å². The molecule has 0 radical (unpaired) electrons. The summed E-state index contributed by atoms with van der Waals surface area (Å²) < 4.78 is 32.6. The number of hydrogen-bond donors (Lipinski definition) is 0. The minimum absolute atomic E-state index is 0.426. The van der Waals surface area contributed by atoms with Gasteiger partial charge in [-0.3, -0.25) is 0 Å². The van der Waals surface area contributed by atoms with Gasteiger partial charge in [-0.1, -0.05) is 12.1 Å². The zero-order valence-corrected chi connectivity index (χ0v) is 14.5. The van der Waals surface area contributed by atoms with Crippen molar-refractivity contribution in [2.45, 2.75) is 25.7 Å². The molecule has 0 aromatic heterocycles. The van der Waals surface area contributed by atoms with Crippen LogP contribution in [0.25, 0.3) is 0 Å². The van der Waals surface area contributed by atoms with E-state index in [9.17, 15) is 8.42 Å². The third-order valence-electron chi connectivity index (χ3n) is 4.24. The van der Waals surface area contributed by atoms with Gasteiger partial charge < -0.3 is 4.74 Å². The van der Waals surface area contributed by atoms with Gasteiger partial charge in [0.05, 0.1) is 7.11 Å². The molecule has 5 nitrogen and oxygen atoms in total. The molecule has 1 aliphatic heterocycles. The molecule has 1 saturated heterocycles. The van der Waals surface area contributed by atoms with Crippen molar-refractivity contribution in [3.63, 3.8) is 0 Å². The lowest BCUT2D eigenvalue weighted by atomic mass is 9.93. The molecule has 0 unspecified atom stereocenters. The Morgan fingerprint density at radius 3 is 2.82 bits per heavy atom. The Bertz CT molecular complexity index is 587. The van der Waals surface area contributed by atoms with E-state index in [1.165, 1.54) is 9.87 Å². The predicted octanol–water partition coefficient (Wildman–Crippen LogP) is 2.15. The van der Waals surface area contributed by atoms with Crippen LogP contribution in [0.1, 0.15) is 24.8 Å². The summed E-state index contributed by atoms with van der Waals surface area (Å²) >= 11 is 0. The molecule has 0 aliphatic carbocycles. The van der Waals surface area contributed by atoms with Crippen molar-refractivity contribution in [2.75, 3.05) is 34.3 Å². The molecule has 0 amide bonds. The molecule has 6 heteroatoms. The number of hydrogen-bond acceptors (Lipinski definition) is 3. The first kappa shape index (κ1) is 17.2. The zero-order valence-electron chi connectivity index (χ0n) is 13.7. The Kier molecular flexibility index (Phi) is 5.83. The zero-order chi connectivity index (χ0) is 16.2. The summed E-state index contributed by atoms with van der Waals surface area (Å²) in [6.45, 7) is 1.26. The number of nitrogens with zero attached hydrogens (tertiary/aromatic N) is 2. The lowest BCUT2D eigenvalue weighted by molar-refractivity contribution is 0.246. The van der Waals surface area contributed by atoms with Crippen molar-refractivity contribution in [2.24, 2.45) is 5.92 Å². The summed E-state index contributed by atoms with van der Waals surface area (Å²) in [7, 11) is 1.58. The fourth-order valence-corrected chi connectivity index (χ4v) is 4.12. The summed E-state index contributed by atoms with van der Waals surface area (Å²) in [5, 5.41) is 0. The van der Waals surface area contributed by atoms with E-state index in [4.69, 9.17) is 4.74 Å². The maximum atomic E-state index is 12.2. The normalized spacial score (nSPS) is 20.3. The van der Waals surface area contributed by atoms with Crippen molar-refractivity contribution in [1.82, 2.24) is 8.61 Å². The largest absolute Gasteiger partial charge is 0.497 e. The van der Waals surface area contributed by atoms with Gasteiger partial charge in [-0.2, -0.15) is 17.0 Å². The van der Waals surface area contributed by atoms with Gasteiger partial charge in [-0.25, -0.2) is 0 Å². The number of benzene rings is 1. The van der Waals surface area contributed by atoms with Crippen molar-refractivity contribution >= 4 is 10.2 Å². The summed E-state index contributed by atoms with van der Waals surface area (Å²) in [5.41, 5.74) is 1.24. The van der Waals surface area contributed by atoms with E-state index >= 15 is 0 Å². The van der Waals surface area contributed by atoms with Crippen molar-refractivity contribution in [3.8, 4) is 5.75 Å². The molecule has 0 spiro atoms. The Balaban J connectivity index is 1.93. The van der Waals surface area contributed by atoms with E-state index in [0.29, 0.717) is 19.0 Å². The first-order chi connectivity index (χ1) is 10.4. The van der Waals surface area contributed by atoms with Crippen LogP contribution in [-0.4, -0.2) is 51.3 Å². The Labute approximate surface area is 134 Å². The first-order valence-corrected chi connectivity index (χ1v) is 9.13. The fraction of sp³-hybridized carbons (Fsp3) is 0.625. The molecule has 0 bridgehead atoms. The van der Waals surface area contributed by atoms with E-state index in [0.717, 1.165) is 31.4 Å². The van der Waals surface area contributed by atoms with Gasteiger partial charge in [0.2, 0.25) is 0 Å². The van der Waals surface area contributed by atoms with Crippen LogP contribution in [0.15, 0.2) is 24.3 Å². The summed E-state index contributed by atoms with van der Waals surface area (Å²) in [5.74, 6) is 1.30. The monoisotopic (exact) mass is 326 g/mol. The van der Waals surface area contributed by atoms with E-state index < -0.39 is 10.2 Å². The molecule has 124 valence electrons. The van der Waals surface area contributed by atoms with Gasteiger partial charge in [0.25, 0.3) is 10.2 Å². The van der Waals surface area contributed by atoms with Crippen LogP contribution in [0.5, 0.6) is 5.75 Å². The molecule has 1 fully saturated rings. The van der Waals surface area contributed by atoms with Crippen LogP contribution < -0.4 is 4.74 Å². The van der Waals surface area contributed by atoms with Crippen LogP contribution in [0.4, 0.5) is 0 Å². The summed E-state index contributed by atoms with van der Waals surface area (Å²) in [6.07, 6.45) is 4.00. The second-order valence-electron chi connectivity index (χ2n) is 6.05. The number of aryl methyl sites for hydroxylation is 1. The topological polar surface area (TPSA) is 49.9 Å². The minimum atomic E-state index is -3.28. The molecular formula is C16H26N2O3S. The van der Waals surface area contributed by atoms with Gasteiger partial charge in [0.1, 0.15) is 5.75 Å². The minimum Gasteiger partial charge on any atom is -0.497 e. The molecule has 22 heavy (non-hydrogen) atoms. The number of methoxy groups -OCH3 is 1. The van der Waals surface area contributed by atoms with Crippen molar-refractivity contribution < 1.29 is 13.2 Å². The molecule has 0 saturated carbocycles. The quantitative estimate of drug-likeness (QED) is 0.805. The molecule has 0 N–H and O–H groups in total. The molecule has 1 atom stereocenters. The number of rotatable bonds is 6. The Morgan fingerprint density at radius 1 is 1.36 bits per heavy atom. The average Bonchev–Trinajstić information content (AvgIpc) is 2.53. The molecule has 1 aromatic rings. The van der Waals surface area contributed by atoms with Crippen LogP contribution in [0.3, 0.4) is 0 Å². The molecule has 1 aromatic carbocycles. The highest BCUT2D eigenvalue weighted by Gasteiger charge is 2.30. The second-order valence-corrected chi connectivity index (χ2v) is 8.19. The fourth-order valence-electron chi connectivity index (χ4n) is 2.90. The maximum Gasteiger partial charge on any atom is 0.281 e. The standard InChI is InChI=1S/C16H26N2O3S/c1-17(2)22(19,20)18-11-5-7-15(13-18)10-9-14-6-4-8-16(12-14)21-3/h4,6,8,12,15H,5,7,9-11,13H2,1-3H3/t15-/m1/s1. The van der Waals surface area contributed by atoms with E-state index in [1.54, 1.807) is 25.5 Å². The molecule has 1 aliphatic rings. The first-order valence-electron chi connectivity index (χ1n) is 7.74. The van der Waals surface area contributed by atoms with Crippen molar-refractivity contribution in [1.29, 1.82) is 0 Å². The van der Waals surface area contributed by atoms with E-state index in [2.05, 4.69) is 12.1 Å². The third-order valence-corrected chi connectivity index (χ3v) is 6.15. The van der Waals surface area contributed by atoms with Gasteiger partial charge in [0.15, 0.2) is 0 Å². The Morgan fingerprint density at radius 2 is 2.14 bits per heavy atom. The van der Waals surface area contributed by atoms with Gasteiger partial charge in [0, 0.05) is 27.2 Å². The lowest BCUT2D eigenvalue weighted by Crippen LogP contribution is -2.45. The molecule has 2 rings (SSSR count). The predicted molar refractivity (Wildman–Crippen MR) is 88.2 cm³/mol. The average molecular weight is 326 g/mol. The highest BCUT2D eigenvalue weighted by Crippen LogP contribution is 2.25. The Hall–Kier alpha value is -1.11. The summed E-state index contributed by atoms with van der Waals surface area (Å²) in [4.78, 5) is 0. The molecule has 1 heterocycles. The van der Waals surface area contributed by atoms with Crippen LogP contribution in [0.2, 0.25) is 0 Å². The van der Waals surface area contributed by atoms with Crippen LogP contribution >= 0.6 is 0 Å². The SMILES string of the molecule is COc1cccc(CC[C@H]2CCCN(S(=O)(=O)N(C)C)C2)c1. The highest BCUT2D eigenvalue weighted by molar-refractivity contribution is 7.86. The van der Waals surface area contributed by atoms with Gasteiger partial charge in [-0.15, -0.1) is 0 Å². The van der Waals surface area contributed by atoms with Gasteiger partial charge in [-0.05, 0) is 49.3 Å². The second kappa shape index (κ2) is 7.44.